The normalized spacial score (nSPS) is 23.3. The number of halogens is 1. The van der Waals surface area contributed by atoms with E-state index in [0.29, 0.717) is 29.5 Å². The highest BCUT2D eigenvalue weighted by molar-refractivity contribution is 6.33. The fourth-order valence-corrected chi connectivity index (χ4v) is 6.21. The summed E-state index contributed by atoms with van der Waals surface area (Å²) in [6, 6.07) is 21.9. The first-order valence-electron chi connectivity index (χ1n) is 13.2. The number of ether oxygens (including phenoxy) is 1. The maximum atomic E-state index is 13.0. The van der Waals surface area contributed by atoms with Crippen LogP contribution in [-0.4, -0.2) is 55.6 Å². The molecular formula is C30H31ClN4O3. The molecular weight excluding hydrogens is 500 g/mol. The smallest absolute Gasteiger partial charge is 0.256 e. The summed E-state index contributed by atoms with van der Waals surface area (Å²) in [5, 5.41) is 6.70. The number of piperazine rings is 1. The molecule has 3 aliphatic heterocycles. The zero-order chi connectivity index (χ0) is 26.2. The molecule has 3 aromatic carbocycles. The molecule has 2 saturated heterocycles. The van der Waals surface area contributed by atoms with E-state index in [1.807, 2.05) is 54.6 Å². The van der Waals surface area contributed by atoms with Crippen molar-refractivity contribution in [2.45, 2.75) is 25.4 Å². The third-order valence-electron chi connectivity index (χ3n) is 7.85. The maximum absolute atomic E-state index is 13.0. The monoisotopic (exact) mass is 530 g/mol. The number of nitrogens with zero attached hydrogens (tertiary/aromatic N) is 2. The zero-order valence-electron chi connectivity index (χ0n) is 21.3. The highest BCUT2D eigenvalue weighted by atomic mass is 35.5. The molecule has 3 aliphatic rings. The van der Waals surface area contributed by atoms with Crippen molar-refractivity contribution in [2.24, 2.45) is 5.92 Å². The minimum Gasteiger partial charge on any atom is -0.381 e. The number of fused-ring (bicyclic) bond motifs is 2. The fourth-order valence-electron chi connectivity index (χ4n) is 5.92. The van der Waals surface area contributed by atoms with Crippen molar-refractivity contribution >= 4 is 40.5 Å². The van der Waals surface area contributed by atoms with Crippen LogP contribution in [0.1, 0.15) is 40.9 Å². The van der Waals surface area contributed by atoms with E-state index in [-0.39, 0.29) is 29.8 Å². The van der Waals surface area contributed by atoms with E-state index in [0.717, 1.165) is 48.6 Å². The average Bonchev–Trinajstić information content (AvgIpc) is 3.42. The van der Waals surface area contributed by atoms with Crippen LogP contribution < -0.4 is 15.5 Å². The lowest BCUT2D eigenvalue weighted by atomic mass is 9.92. The van der Waals surface area contributed by atoms with Crippen LogP contribution in [-0.2, 0) is 9.53 Å². The quantitative estimate of drug-likeness (QED) is 0.486. The molecule has 0 saturated carbocycles. The van der Waals surface area contributed by atoms with Gasteiger partial charge in [0.25, 0.3) is 5.91 Å². The molecule has 196 valence electrons. The number of hydrogen-bond donors (Lipinski definition) is 2. The molecule has 0 aromatic heterocycles. The average molecular weight is 531 g/mol. The lowest BCUT2D eigenvalue weighted by Gasteiger charge is -2.45. The second-order valence-electron chi connectivity index (χ2n) is 10.3. The predicted molar refractivity (Wildman–Crippen MR) is 150 cm³/mol. The number of rotatable bonds is 4. The Kier molecular flexibility index (Phi) is 6.82. The third kappa shape index (κ3) is 4.66. The van der Waals surface area contributed by atoms with Gasteiger partial charge in [-0.1, -0.05) is 48.0 Å². The number of nitrogens with one attached hydrogen (secondary N) is 2. The lowest BCUT2D eigenvalue weighted by Crippen LogP contribution is -2.53. The van der Waals surface area contributed by atoms with Gasteiger partial charge in [-0.25, -0.2) is 0 Å². The molecule has 2 fully saturated rings. The summed E-state index contributed by atoms with van der Waals surface area (Å²) < 4.78 is 5.34. The molecule has 2 N–H and O–H groups in total. The van der Waals surface area contributed by atoms with Crippen molar-refractivity contribution in [3.8, 4) is 0 Å². The molecule has 2 amide bonds. The van der Waals surface area contributed by atoms with Crippen molar-refractivity contribution in [2.75, 3.05) is 48.4 Å². The van der Waals surface area contributed by atoms with Gasteiger partial charge in [-0.15, -0.1) is 0 Å². The first-order chi connectivity index (χ1) is 18.5. The number of hydrogen-bond acceptors (Lipinski definition) is 5. The van der Waals surface area contributed by atoms with Crippen LogP contribution >= 0.6 is 11.6 Å². The van der Waals surface area contributed by atoms with E-state index in [9.17, 15) is 9.59 Å². The molecule has 7 nitrogen and oxygen atoms in total. The van der Waals surface area contributed by atoms with Gasteiger partial charge in [-0.2, -0.15) is 0 Å². The first kappa shape index (κ1) is 24.9. The van der Waals surface area contributed by atoms with Crippen LogP contribution in [0.4, 0.5) is 17.1 Å². The summed E-state index contributed by atoms with van der Waals surface area (Å²) >= 11 is 6.75. The van der Waals surface area contributed by atoms with Gasteiger partial charge >= 0.3 is 0 Å². The van der Waals surface area contributed by atoms with Crippen molar-refractivity contribution < 1.29 is 14.3 Å². The van der Waals surface area contributed by atoms with E-state index in [1.165, 1.54) is 0 Å². The van der Waals surface area contributed by atoms with Gasteiger partial charge in [0.05, 0.1) is 29.3 Å². The molecule has 3 heterocycles. The van der Waals surface area contributed by atoms with Gasteiger partial charge in [-0.3, -0.25) is 14.5 Å². The SMILES string of the molecule is C[C@@H]1CN(C2c3ccccc3NC(=O)c3ccccc32)CCN1c1ccc(NC(=O)C2CCOC2)cc1Cl. The number of carbonyl (C=O) groups is 2. The first-order valence-corrected chi connectivity index (χ1v) is 13.6. The van der Waals surface area contributed by atoms with E-state index in [4.69, 9.17) is 16.3 Å². The highest BCUT2D eigenvalue weighted by Gasteiger charge is 2.35. The predicted octanol–water partition coefficient (Wildman–Crippen LogP) is 5.18. The summed E-state index contributed by atoms with van der Waals surface area (Å²) in [6.07, 6.45) is 0.750. The number of benzene rings is 3. The lowest BCUT2D eigenvalue weighted by molar-refractivity contribution is -0.119. The minimum absolute atomic E-state index is 0.0229. The van der Waals surface area contributed by atoms with Crippen molar-refractivity contribution in [1.82, 2.24) is 4.90 Å². The Morgan fingerprint density at radius 3 is 2.61 bits per heavy atom. The van der Waals surface area contributed by atoms with E-state index < -0.39 is 0 Å². The molecule has 3 aromatic rings. The van der Waals surface area contributed by atoms with Gasteiger partial charge in [-0.05, 0) is 54.8 Å². The van der Waals surface area contributed by atoms with E-state index in [1.54, 1.807) is 0 Å². The van der Waals surface area contributed by atoms with Crippen molar-refractivity contribution in [1.29, 1.82) is 0 Å². The summed E-state index contributed by atoms with van der Waals surface area (Å²) in [7, 11) is 0. The third-order valence-corrected chi connectivity index (χ3v) is 8.16. The Morgan fingerprint density at radius 2 is 1.84 bits per heavy atom. The molecule has 3 atom stereocenters. The highest BCUT2D eigenvalue weighted by Crippen LogP contribution is 2.40. The Hall–Kier alpha value is -3.39. The van der Waals surface area contributed by atoms with Gasteiger partial charge < -0.3 is 20.3 Å². The molecule has 2 unspecified atom stereocenters. The van der Waals surface area contributed by atoms with Crippen LogP contribution in [0.3, 0.4) is 0 Å². The van der Waals surface area contributed by atoms with Crippen LogP contribution in [0, 0.1) is 5.92 Å². The summed E-state index contributed by atoms with van der Waals surface area (Å²) in [6.45, 7) is 5.71. The van der Waals surface area contributed by atoms with E-state index in [2.05, 4.69) is 39.5 Å². The van der Waals surface area contributed by atoms with Crippen LogP contribution in [0.15, 0.2) is 66.7 Å². The van der Waals surface area contributed by atoms with Crippen LogP contribution in [0.25, 0.3) is 0 Å². The topological polar surface area (TPSA) is 73.9 Å². The molecule has 38 heavy (non-hydrogen) atoms. The van der Waals surface area contributed by atoms with Gasteiger partial charge in [0.15, 0.2) is 0 Å². The van der Waals surface area contributed by atoms with Crippen LogP contribution in [0.2, 0.25) is 5.02 Å². The number of amides is 2. The standard InChI is InChI=1S/C30H31ClN4O3/c1-19-17-34(28-22-6-2-3-7-23(22)30(37)33-26-9-5-4-8-24(26)28)13-14-35(19)27-11-10-21(16-25(27)31)32-29(36)20-12-15-38-18-20/h2-11,16,19-20,28H,12-15,17-18H2,1H3,(H,32,36)(H,33,37)/t19-,20?,28?/m1/s1. The Bertz CT molecular complexity index is 1370. The zero-order valence-corrected chi connectivity index (χ0v) is 22.1. The molecule has 0 radical (unpaired) electrons. The second kappa shape index (κ2) is 10.4. The molecule has 6 rings (SSSR count). The van der Waals surface area contributed by atoms with Gasteiger partial charge in [0, 0.05) is 49.2 Å². The van der Waals surface area contributed by atoms with Crippen molar-refractivity contribution in [3.63, 3.8) is 0 Å². The number of anilines is 3. The summed E-state index contributed by atoms with van der Waals surface area (Å²) in [5.74, 6) is -0.196. The maximum Gasteiger partial charge on any atom is 0.256 e. The number of para-hydroxylation sites is 1. The summed E-state index contributed by atoms with van der Waals surface area (Å²) in [4.78, 5) is 30.3. The minimum atomic E-state index is -0.105. The molecule has 0 spiro atoms. The van der Waals surface area contributed by atoms with E-state index >= 15 is 0 Å². The summed E-state index contributed by atoms with van der Waals surface area (Å²) in [5.41, 5.74) is 5.37. The largest absolute Gasteiger partial charge is 0.381 e. The Morgan fingerprint density at radius 1 is 1.05 bits per heavy atom. The van der Waals surface area contributed by atoms with Gasteiger partial charge in [0.2, 0.25) is 5.91 Å². The van der Waals surface area contributed by atoms with Gasteiger partial charge in [0.1, 0.15) is 0 Å². The van der Waals surface area contributed by atoms with Crippen molar-refractivity contribution in [3.05, 3.63) is 88.4 Å². The second-order valence-corrected chi connectivity index (χ2v) is 10.7. The molecule has 0 bridgehead atoms. The van der Waals surface area contributed by atoms with Crippen LogP contribution in [0.5, 0.6) is 0 Å². The Balaban J connectivity index is 1.23. The Labute approximate surface area is 227 Å². The number of carbonyl (C=O) groups excluding carboxylic acids is 2. The molecule has 8 heteroatoms. The fraction of sp³-hybridized carbons (Fsp3) is 0.333. The molecule has 0 aliphatic carbocycles.